The lowest BCUT2D eigenvalue weighted by Crippen LogP contribution is -2.38. The molecule has 0 heterocycles. The van der Waals surface area contributed by atoms with Crippen LogP contribution in [0.4, 0.5) is 0 Å². The molecule has 2 aromatic carbocycles. The number of fused-ring (bicyclic) bond motifs is 1. The fourth-order valence-corrected chi connectivity index (χ4v) is 4.26. The van der Waals surface area contributed by atoms with Gasteiger partial charge < -0.3 is 9.47 Å². The van der Waals surface area contributed by atoms with E-state index in [0.717, 1.165) is 22.9 Å². The van der Waals surface area contributed by atoms with Crippen molar-refractivity contribution in [3.8, 4) is 11.5 Å². The molecule has 0 aliphatic carbocycles. The van der Waals surface area contributed by atoms with Crippen LogP contribution in [0.5, 0.6) is 11.5 Å². The number of esters is 1. The molecule has 27 heavy (non-hydrogen) atoms. The number of ether oxygens (including phenoxy) is 2. The highest BCUT2D eigenvalue weighted by atomic mass is 31.1. The Kier molecular flexibility index (Phi) is 6.26. The molecule has 4 heteroatoms. The van der Waals surface area contributed by atoms with Gasteiger partial charge in [0.05, 0.1) is 5.16 Å². The summed E-state index contributed by atoms with van der Waals surface area (Å²) in [5.74, 6) is 1.23. The Morgan fingerprint density at radius 2 is 1.41 bits per heavy atom. The first-order chi connectivity index (χ1) is 12.3. The predicted molar refractivity (Wildman–Crippen MR) is 117 cm³/mol. The summed E-state index contributed by atoms with van der Waals surface area (Å²) in [7, 11) is 0.475. The number of carbonyl (C=O) groups excluding carboxylic acids is 1. The first-order valence-electron chi connectivity index (χ1n) is 9.47. The summed E-state index contributed by atoms with van der Waals surface area (Å²) in [6.07, 6.45) is 0.789. The third kappa shape index (κ3) is 5.69. The van der Waals surface area contributed by atoms with E-state index in [2.05, 4.69) is 27.4 Å². The molecular weight excluding hydrogens is 355 g/mol. The molecule has 0 spiro atoms. The van der Waals surface area contributed by atoms with Gasteiger partial charge in [0.2, 0.25) is 0 Å². The molecule has 2 rings (SSSR count). The van der Waals surface area contributed by atoms with Gasteiger partial charge in [-0.3, -0.25) is 4.79 Å². The maximum Gasteiger partial charge on any atom is 0.321 e. The van der Waals surface area contributed by atoms with Crippen LogP contribution in [0, 0.1) is 5.41 Å². The fourth-order valence-electron chi connectivity index (χ4n) is 3.30. The van der Waals surface area contributed by atoms with Gasteiger partial charge in [0.1, 0.15) is 17.1 Å². The topological polar surface area (TPSA) is 35.5 Å². The molecule has 3 nitrogen and oxygen atoms in total. The van der Waals surface area contributed by atoms with E-state index in [1.807, 2.05) is 64.1 Å². The van der Waals surface area contributed by atoms with Gasteiger partial charge in [0.15, 0.2) is 0 Å². The van der Waals surface area contributed by atoms with E-state index in [1.54, 1.807) is 0 Å². The van der Waals surface area contributed by atoms with Gasteiger partial charge in [-0.1, -0.05) is 45.0 Å². The molecular formula is C23H33O3P. The molecule has 148 valence electrons. The molecule has 2 aromatic rings. The van der Waals surface area contributed by atoms with E-state index in [1.165, 1.54) is 0 Å². The van der Waals surface area contributed by atoms with Crippen molar-refractivity contribution >= 4 is 25.3 Å². The quantitative estimate of drug-likeness (QED) is 0.336. The average molecular weight is 388 g/mol. The van der Waals surface area contributed by atoms with E-state index < -0.39 is 5.16 Å². The zero-order valence-corrected chi connectivity index (χ0v) is 18.9. The molecule has 0 saturated carbocycles. The summed E-state index contributed by atoms with van der Waals surface area (Å²) in [5.41, 5.74) is -0.237. The molecule has 0 saturated heterocycles. The number of rotatable bonds is 5. The minimum Gasteiger partial charge on any atom is -0.488 e. The molecule has 0 aliphatic rings. The zero-order chi connectivity index (χ0) is 20.5. The summed E-state index contributed by atoms with van der Waals surface area (Å²) in [6, 6.07) is 11.6. The van der Waals surface area contributed by atoms with Crippen molar-refractivity contribution in [1.82, 2.24) is 0 Å². The van der Waals surface area contributed by atoms with Crippen molar-refractivity contribution in [2.24, 2.45) is 5.41 Å². The average Bonchev–Trinajstić information content (AvgIpc) is 2.52. The SMILES string of the molecule is CPC(C)(CC(C)(C)C)C(=O)Oc1cccc2c(OC(C)(C)C)cccc12. The van der Waals surface area contributed by atoms with Crippen LogP contribution in [0.3, 0.4) is 0 Å². The Morgan fingerprint density at radius 1 is 0.889 bits per heavy atom. The molecule has 0 radical (unpaired) electrons. The number of hydrogen-bond donors (Lipinski definition) is 0. The van der Waals surface area contributed by atoms with Crippen molar-refractivity contribution < 1.29 is 14.3 Å². The molecule has 0 aromatic heterocycles. The maximum absolute atomic E-state index is 13.1. The largest absolute Gasteiger partial charge is 0.488 e. The Labute approximate surface area is 165 Å². The van der Waals surface area contributed by atoms with Crippen LogP contribution in [0.25, 0.3) is 10.8 Å². The molecule has 0 bridgehead atoms. The second-order valence-corrected chi connectivity index (χ2v) is 11.1. The van der Waals surface area contributed by atoms with Gasteiger partial charge in [-0.25, -0.2) is 0 Å². The predicted octanol–water partition coefficient (Wildman–Crippen LogP) is 6.43. The van der Waals surface area contributed by atoms with Crippen LogP contribution in [0.2, 0.25) is 0 Å². The van der Waals surface area contributed by atoms with E-state index in [-0.39, 0.29) is 17.0 Å². The van der Waals surface area contributed by atoms with Crippen LogP contribution in [0.15, 0.2) is 36.4 Å². The molecule has 0 N–H and O–H groups in total. The molecule has 0 fully saturated rings. The smallest absolute Gasteiger partial charge is 0.321 e. The lowest BCUT2D eigenvalue weighted by Gasteiger charge is -2.32. The Bertz CT molecular complexity index is 814. The van der Waals surface area contributed by atoms with Gasteiger partial charge in [-0.05, 0) is 58.3 Å². The van der Waals surface area contributed by atoms with Gasteiger partial charge in [0, 0.05) is 10.8 Å². The van der Waals surface area contributed by atoms with Crippen LogP contribution >= 0.6 is 8.58 Å². The highest BCUT2D eigenvalue weighted by Crippen LogP contribution is 2.41. The van der Waals surface area contributed by atoms with Crippen LogP contribution < -0.4 is 9.47 Å². The Balaban J connectivity index is 2.39. The first kappa shape index (κ1) is 21.7. The summed E-state index contributed by atoms with van der Waals surface area (Å²) < 4.78 is 12.0. The van der Waals surface area contributed by atoms with Gasteiger partial charge in [-0.15, -0.1) is 8.58 Å². The molecule has 2 unspecified atom stereocenters. The Hall–Kier alpha value is -1.60. The molecule has 2 atom stereocenters. The monoisotopic (exact) mass is 388 g/mol. The summed E-state index contributed by atoms with van der Waals surface area (Å²) in [5, 5.41) is 1.36. The van der Waals surface area contributed by atoms with Gasteiger partial charge in [0.25, 0.3) is 0 Å². The summed E-state index contributed by atoms with van der Waals surface area (Å²) in [6.45, 7) is 16.6. The lowest BCUT2D eigenvalue weighted by atomic mass is 9.85. The Morgan fingerprint density at radius 3 is 1.89 bits per heavy atom. The number of hydrogen-bond acceptors (Lipinski definition) is 3. The lowest BCUT2D eigenvalue weighted by molar-refractivity contribution is -0.137. The second kappa shape index (κ2) is 7.80. The summed E-state index contributed by atoms with van der Waals surface area (Å²) >= 11 is 0. The molecule has 0 aliphatic heterocycles. The number of benzene rings is 2. The standard InChI is InChI=1S/C23H33O3P/c1-21(2,3)15-23(7,27-8)20(24)25-18-13-9-12-17-16(18)11-10-14-19(17)26-22(4,5)6/h9-14,27H,15H2,1-8H3. The third-order valence-corrected chi connectivity index (χ3v) is 5.83. The highest BCUT2D eigenvalue weighted by Gasteiger charge is 2.37. The minimum atomic E-state index is -0.486. The fraction of sp³-hybridized carbons (Fsp3) is 0.522. The van der Waals surface area contributed by atoms with Crippen LogP contribution in [-0.4, -0.2) is 23.4 Å². The van der Waals surface area contributed by atoms with Gasteiger partial charge in [-0.2, -0.15) is 0 Å². The zero-order valence-electron chi connectivity index (χ0n) is 17.9. The van der Waals surface area contributed by atoms with Gasteiger partial charge >= 0.3 is 5.97 Å². The third-order valence-electron chi connectivity index (χ3n) is 4.35. The van der Waals surface area contributed by atoms with Crippen molar-refractivity contribution in [2.75, 3.05) is 6.66 Å². The highest BCUT2D eigenvalue weighted by molar-refractivity contribution is 7.40. The van der Waals surface area contributed by atoms with E-state index in [0.29, 0.717) is 14.3 Å². The molecule has 0 amide bonds. The van der Waals surface area contributed by atoms with E-state index in [4.69, 9.17) is 9.47 Å². The van der Waals surface area contributed by atoms with Crippen molar-refractivity contribution in [3.05, 3.63) is 36.4 Å². The number of carbonyl (C=O) groups is 1. The van der Waals surface area contributed by atoms with Crippen LogP contribution in [0.1, 0.15) is 54.9 Å². The normalized spacial score (nSPS) is 15.1. The van der Waals surface area contributed by atoms with Crippen LogP contribution in [-0.2, 0) is 4.79 Å². The first-order valence-corrected chi connectivity index (χ1v) is 11.0. The van der Waals surface area contributed by atoms with Crippen molar-refractivity contribution in [1.29, 1.82) is 0 Å². The second-order valence-electron chi connectivity index (χ2n) is 9.53. The van der Waals surface area contributed by atoms with Crippen molar-refractivity contribution in [3.63, 3.8) is 0 Å². The van der Waals surface area contributed by atoms with Crippen molar-refractivity contribution in [2.45, 2.75) is 65.6 Å². The van der Waals surface area contributed by atoms with E-state index >= 15 is 0 Å². The minimum absolute atomic E-state index is 0.0588. The van der Waals surface area contributed by atoms with E-state index in [9.17, 15) is 4.79 Å². The summed E-state index contributed by atoms with van der Waals surface area (Å²) in [4.78, 5) is 13.1. The maximum atomic E-state index is 13.1.